The van der Waals surface area contributed by atoms with Crippen LogP contribution in [0.5, 0.6) is 5.75 Å². The smallest absolute Gasteiger partial charge is 0.164 e. The second-order valence-corrected chi connectivity index (χ2v) is 4.11. The zero-order chi connectivity index (χ0) is 13.0. The first-order valence-corrected chi connectivity index (χ1v) is 6.01. The Morgan fingerprint density at radius 3 is 2.72 bits per heavy atom. The van der Waals surface area contributed by atoms with Crippen molar-refractivity contribution in [2.75, 3.05) is 0 Å². The topological polar surface area (TPSA) is 66.0 Å². The Kier molecular flexibility index (Phi) is 3.88. The average molecular weight is 262 g/mol. The summed E-state index contributed by atoms with van der Waals surface area (Å²) in [4.78, 5) is 4.52. The predicted octanol–water partition coefficient (Wildman–Crippen LogP) is 1.51. The molecular weight excluding hydrogens is 248 g/mol. The van der Waals surface area contributed by atoms with Gasteiger partial charge in [-0.1, -0.05) is 12.2 Å². The van der Waals surface area contributed by atoms with Crippen LogP contribution in [0.3, 0.4) is 0 Å². The van der Waals surface area contributed by atoms with Crippen molar-refractivity contribution >= 4 is 17.2 Å². The highest BCUT2D eigenvalue weighted by molar-refractivity contribution is 7.80. The van der Waals surface area contributed by atoms with Crippen LogP contribution in [0.25, 0.3) is 0 Å². The molecule has 2 rings (SSSR count). The number of ether oxygens (including phenoxy) is 1. The van der Waals surface area contributed by atoms with E-state index in [1.807, 2.05) is 31.2 Å². The van der Waals surface area contributed by atoms with Crippen LogP contribution in [-0.4, -0.2) is 19.8 Å². The lowest BCUT2D eigenvalue weighted by atomic mass is 10.2. The van der Waals surface area contributed by atoms with Crippen molar-refractivity contribution in [1.29, 1.82) is 0 Å². The molecule has 0 bridgehead atoms. The van der Waals surface area contributed by atoms with Gasteiger partial charge in [0, 0.05) is 12.1 Å². The second kappa shape index (κ2) is 5.59. The van der Waals surface area contributed by atoms with Gasteiger partial charge in [0.05, 0.1) is 0 Å². The number of nitrogens with two attached hydrogens (primary N) is 1. The van der Waals surface area contributed by atoms with Gasteiger partial charge in [-0.05, 0) is 31.2 Å². The molecule has 18 heavy (non-hydrogen) atoms. The predicted molar refractivity (Wildman–Crippen MR) is 72.4 cm³/mol. The summed E-state index contributed by atoms with van der Waals surface area (Å²) in [7, 11) is 0. The summed E-state index contributed by atoms with van der Waals surface area (Å²) in [6, 6.07) is 7.34. The second-order valence-electron chi connectivity index (χ2n) is 3.67. The molecule has 5 nitrogen and oxygen atoms in total. The van der Waals surface area contributed by atoms with Crippen LogP contribution < -0.4 is 10.5 Å². The van der Waals surface area contributed by atoms with Gasteiger partial charge in [0.2, 0.25) is 0 Å². The summed E-state index contributed by atoms with van der Waals surface area (Å²) in [6.07, 6.45) is 1.53. The van der Waals surface area contributed by atoms with Crippen LogP contribution in [0.4, 0.5) is 0 Å². The van der Waals surface area contributed by atoms with E-state index in [0.717, 1.165) is 23.7 Å². The summed E-state index contributed by atoms with van der Waals surface area (Å²) in [5, 5.41) is 4.08. The quantitative estimate of drug-likeness (QED) is 0.827. The Morgan fingerprint density at radius 1 is 1.39 bits per heavy atom. The number of hydrogen-bond acceptors (Lipinski definition) is 4. The van der Waals surface area contributed by atoms with Gasteiger partial charge in [0.15, 0.2) is 5.82 Å². The SMILES string of the molecule is CCn1ncnc1COc1ccc(C(N)=S)cc1. The molecule has 2 aromatic rings. The van der Waals surface area contributed by atoms with Gasteiger partial charge in [-0.15, -0.1) is 0 Å². The maximum Gasteiger partial charge on any atom is 0.164 e. The van der Waals surface area contributed by atoms with Crippen LogP contribution in [0, 0.1) is 0 Å². The normalized spacial score (nSPS) is 10.3. The van der Waals surface area contributed by atoms with Crippen molar-refractivity contribution in [2.24, 2.45) is 5.73 Å². The maximum atomic E-state index is 5.62. The number of hydrogen-bond donors (Lipinski definition) is 1. The van der Waals surface area contributed by atoms with Crippen molar-refractivity contribution in [2.45, 2.75) is 20.1 Å². The van der Waals surface area contributed by atoms with E-state index in [0.29, 0.717) is 11.6 Å². The number of nitrogens with zero attached hydrogens (tertiary/aromatic N) is 3. The molecule has 0 fully saturated rings. The summed E-state index contributed by atoms with van der Waals surface area (Å²) < 4.78 is 7.42. The third-order valence-electron chi connectivity index (χ3n) is 2.50. The van der Waals surface area contributed by atoms with Crippen LogP contribution in [-0.2, 0) is 13.2 Å². The first-order valence-electron chi connectivity index (χ1n) is 5.60. The average Bonchev–Trinajstić information content (AvgIpc) is 2.84. The lowest BCUT2D eigenvalue weighted by molar-refractivity contribution is 0.287. The first-order chi connectivity index (χ1) is 8.70. The highest BCUT2D eigenvalue weighted by Gasteiger charge is 2.03. The van der Waals surface area contributed by atoms with Crippen molar-refractivity contribution in [3.8, 4) is 5.75 Å². The number of thiocarbonyl (C=S) groups is 1. The van der Waals surface area contributed by atoms with E-state index in [1.54, 1.807) is 4.68 Å². The zero-order valence-electron chi connectivity index (χ0n) is 10.0. The Morgan fingerprint density at radius 2 is 2.11 bits per heavy atom. The summed E-state index contributed by atoms with van der Waals surface area (Å²) in [5.41, 5.74) is 6.35. The highest BCUT2D eigenvalue weighted by atomic mass is 32.1. The highest BCUT2D eigenvalue weighted by Crippen LogP contribution is 2.13. The van der Waals surface area contributed by atoms with Crippen LogP contribution in [0.15, 0.2) is 30.6 Å². The van der Waals surface area contributed by atoms with E-state index < -0.39 is 0 Å². The molecule has 0 saturated carbocycles. The van der Waals surface area contributed by atoms with Crippen molar-refractivity contribution in [3.05, 3.63) is 42.0 Å². The molecular formula is C12H14N4OS. The Hall–Kier alpha value is -1.95. The van der Waals surface area contributed by atoms with E-state index in [4.69, 9.17) is 22.7 Å². The largest absolute Gasteiger partial charge is 0.486 e. The van der Waals surface area contributed by atoms with Crippen LogP contribution in [0.1, 0.15) is 18.3 Å². The van der Waals surface area contributed by atoms with E-state index in [2.05, 4.69) is 10.1 Å². The third kappa shape index (κ3) is 2.84. The molecule has 0 aliphatic rings. The molecule has 2 N–H and O–H groups in total. The molecule has 6 heteroatoms. The minimum absolute atomic E-state index is 0.382. The standard InChI is InChI=1S/C12H14N4OS/c1-2-16-11(14-8-15-16)7-17-10-5-3-9(4-6-10)12(13)18/h3-6,8H,2,7H2,1H3,(H2,13,18). The van der Waals surface area contributed by atoms with Gasteiger partial charge >= 0.3 is 0 Å². The molecule has 0 amide bonds. The number of benzene rings is 1. The van der Waals surface area contributed by atoms with Gasteiger partial charge in [-0.25, -0.2) is 9.67 Å². The Balaban J connectivity index is 2.00. The molecule has 1 aromatic heterocycles. The summed E-state index contributed by atoms with van der Waals surface area (Å²) in [6.45, 7) is 3.18. The van der Waals surface area contributed by atoms with Crippen molar-refractivity contribution in [1.82, 2.24) is 14.8 Å². The fourth-order valence-electron chi connectivity index (χ4n) is 1.53. The van der Waals surface area contributed by atoms with Gasteiger partial charge in [0.25, 0.3) is 0 Å². The van der Waals surface area contributed by atoms with Gasteiger partial charge in [-0.2, -0.15) is 5.10 Å². The molecule has 0 aliphatic heterocycles. The van der Waals surface area contributed by atoms with Crippen molar-refractivity contribution in [3.63, 3.8) is 0 Å². The third-order valence-corrected chi connectivity index (χ3v) is 2.74. The van der Waals surface area contributed by atoms with Crippen molar-refractivity contribution < 1.29 is 4.74 Å². The molecule has 0 saturated heterocycles. The number of rotatable bonds is 5. The lowest BCUT2D eigenvalue weighted by Gasteiger charge is -2.07. The Labute approximate surface area is 111 Å². The summed E-state index contributed by atoms with van der Waals surface area (Å²) >= 11 is 4.88. The lowest BCUT2D eigenvalue weighted by Crippen LogP contribution is -2.09. The zero-order valence-corrected chi connectivity index (χ0v) is 10.9. The van der Waals surface area contributed by atoms with E-state index in [1.165, 1.54) is 6.33 Å². The number of aryl methyl sites for hydroxylation is 1. The fourth-order valence-corrected chi connectivity index (χ4v) is 1.66. The van der Waals surface area contributed by atoms with E-state index in [9.17, 15) is 0 Å². The summed E-state index contributed by atoms with van der Waals surface area (Å²) in [5.74, 6) is 1.55. The molecule has 0 unspecified atom stereocenters. The number of aromatic nitrogens is 3. The monoisotopic (exact) mass is 262 g/mol. The molecule has 0 radical (unpaired) electrons. The molecule has 94 valence electrons. The minimum atomic E-state index is 0.382. The fraction of sp³-hybridized carbons (Fsp3) is 0.250. The molecule has 0 spiro atoms. The molecule has 1 aromatic carbocycles. The van der Waals surface area contributed by atoms with Gasteiger partial charge in [0.1, 0.15) is 23.7 Å². The molecule has 0 atom stereocenters. The maximum absolute atomic E-state index is 5.62. The van der Waals surface area contributed by atoms with Gasteiger partial charge < -0.3 is 10.5 Å². The van der Waals surface area contributed by atoms with Gasteiger partial charge in [-0.3, -0.25) is 0 Å². The Bertz CT molecular complexity index is 535. The molecule has 0 aliphatic carbocycles. The van der Waals surface area contributed by atoms with E-state index >= 15 is 0 Å². The van der Waals surface area contributed by atoms with Crippen LogP contribution >= 0.6 is 12.2 Å². The minimum Gasteiger partial charge on any atom is -0.486 e. The first kappa shape index (κ1) is 12.5. The molecule has 1 heterocycles. The van der Waals surface area contributed by atoms with E-state index in [-0.39, 0.29) is 0 Å². The van der Waals surface area contributed by atoms with Crippen LogP contribution in [0.2, 0.25) is 0 Å².